The molecule has 0 unspecified atom stereocenters. The number of rotatable bonds is 40. The predicted molar refractivity (Wildman–Crippen MR) is 340 cm³/mol. The highest BCUT2D eigenvalue weighted by atomic mass is 35.5. The monoisotopic (exact) mass is 1200 g/mol. The van der Waals surface area contributed by atoms with E-state index in [1.54, 1.807) is 103 Å². The first-order valence-electron chi connectivity index (χ1n) is 29.0. The highest BCUT2D eigenvalue weighted by Crippen LogP contribution is 2.28. The summed E-state index contributed by atoms with van der Waals surface area (Å²) in [5.41, 5.74) is 1.21. The molecule has 16 heteroatoms. The number of unbranched alkanes of at least 4 members (excludes halogenated alkanes) is 2. The van der Waals surface area contributed by atoms with Crippen molar-refractivity contribution in [3.8, 4) is 17.6 Å². The number of hydrogen-bond donors (Lipinski definition) is 11. The van der Waals surface area contributed by atoms with Crippen molar-refractivity contribution in [2.75, 3.05) is 6.61 Å². The molecule has 0 aliphatic heterocycles. The Morgan fingerprint density at radius 1 is 0.529 bits per heavy atom. The van der Waals surface area contributed by atoms with Gasteiger partial charge in [-0.05, 0) is 87.0 Å². The molecule has 0 amide bonds. The highest BCUT2D eigenvalue weighted by Gasteiger charge is 2.24. The average molecular weight is 1200 g/mol. The molecule has 0 saturated heterocycles. The van der Waals surface area contributed by atoms with E-state index < -0.39 is 66.7 Å². The zero-order valence-electron chi connectivity index (χ0n) is 49.7. The van der Waals surface area contributed by atoms with Crippen molar-refractivity contribution in [2.45, 2.75) is 179 Å². The van der Waals surface area contributed by atoms with Gasteiger partial charge in [0, 0.05) is 43.5 Å². The summed E-state index contributed by atoms with van der Waals surface area (Å²) in [7, 11) is 0. The average Bonchev–Trinajstić information content (AvgIpc) is 3.47. The van der Waals surface area contributed by atoms with Gasteiger partial charge in [-0.1, -0.05) is 221 Å². The van der Waals surface area contributed by atoms with Gasteiger partial charge in [0.25, 0.3) is 0 Å². The Bertz CT molecular complexity index is 2490. The second-order valence-corrected chi connectivity index (χ2v) is 20.8. The lowest BCUT2D eigenvalue weighted by Crippen LogP contribution is -2.27. The molecule has 0 bridgehead atoms. The van der Waals surface area contributed by atoms with Gasteiger partial charge in [0.2, 0.25) is 0 Å². The molecular formula is C69H95ClO15. The minimum absolute atomic E-state index is 0.00584. The van der Waals surface area contributed by atoms with Gasteiger partial charge in [0.15, 0.2) is 0 Å². The number of carboxylic acid groups (broad SMARTS) is 3. The lowest BCUT2D eigenvalue weighted by atomic mass is 9.81. The molecule has 0 radical (unpaired) electrons. The molecule has 0 aliphatic carbocycles. The van der Waals surface area contributed by atoms with Crippen LogP contribution in [-0.2, 0) is 20.8 Å². The number of hydrogen-bond acceptors (Lipinski definition) is 12. The third-order valence-corrected chi connectivity index (χ3v) is 12.6. The van der Waals surface area contributed by atoms with Crippen molar-refractivity contribution in [1.29, 1.82) is 0 Å². The number of benzene rings is 2. The lowest BCUT2D eigenvalue weighted by molar-refractivity contribution is -0.138. The Balaban J connectivity index is 0.00000125. The number of aliphatic hydroxyl groups excluding tert-OH is 8. The zero-order valence-corrected chi connectivity index (χ0v) is 50.4. The quantitative estimate of drug-likeness (QED) is 0.0168. The summed E-state index contributed by atoms with van der Waals surface area (Å²) >= 11 is 5.87. The van der Waals surface area contributed by atoms with Gasteiger partial charge in [-0.2, -0.15) is 0 Å². The number of allylic oxidation sites excluding steroid dienone is 17. The highest BCUT2D eigenvalue weighted by molar-refractivity contribution is 6.30. The minimum Gasteiger partial charge on any atom is -0.493 e. The number of aryl methyl sites for hydroxylation is 1. The Labute approximate surface area is 509 Å². The summed E-state index contributed by atoms with van der Waals surface area (Å²) in [6.07, 6.45) is 39.7. The van der Waals surface area contributed by atoms with Crippen LogP contribution < -0.4 is 4.74 Å². The number of carboxylic acids is 3. The number of aliphatic hydroxyl groups is 8. The Kier molecular flexibility index (Phi) is 47.7. The molecule has 2 rings (SSSR count). The fourth-order valence-electron chi connectivity index (χ4n) is 7.20. The molecule has 11 N–H and O–H groups in total. The van der Waals surface area contributed by atoms with E-state index in [0.29, 0.717) is 49.5 Å². The first kappa shape index (κ1) is 78.3. The third-order valence-electron chi connectivity index (χ3n) is 12.4. The number of ether oxygens (including phenoxy) is 1. The molecule has 0 fully saturated rings. The third kappa shape index (κ3) is 48.3. The Hall–Kier alpha value is -6.68. The maximum Gasteiger partial charge on any atom is 0.303 e. The summed E-state index contributed by atoms with van der Waals surface area (Å²) in [5, 5.41) is 105. The molecule has 0 spiro atoms. The van der Waals surface area contributed by atoms with Crippen molar-refractivity contribution in [3.05, 3.63) is 199 Å². The van der Waals surface area contributed by atoms with E-state index in [9.17, 15) is 55.2 Å². The number of halogens is 1. The molecule has 0 saturated carbocycles. The van der Waals surface area contributed by atoms with Gasteiger partial charge in [-0.3, -0.25) is 14.4 Å². The van der Waals surface area contributed by atoms with Crippen LogP contribution in [0.1, 0.15) is 129 Å². The fraction of sp³-hybridized carbons (Fsp3) is 0.435. The minimum atomic E-state index is -1.04. The van der Waals surface area contributed by atoms with Crippen LogP contribution in [0.3, 0.4) is 0 Å². The van der Waals surface area contributed by atoms with Crippen molar-refractivity contribution < 1.29 is 75.3 Å². The van der Waals surface area contributed by atoms with Crippen LogP contribution in [0.25, 0.3) is 0 Å². The molecule has 2 aromatic carbocycles. The van der Waals surface area contributed by atoms with Crippen molar-refractivity contribution in [1.82, 2.24) is 0 Å². The van der Waals surface area contributed by atoms with Crippen LogP contribution in [0.2, 0.25) is 5.02 Å². The summed E-state index contributed by atoms with van der Waals surface area (Å²) in [6.45, 7) is 6.63. The number of aliphatic carboxylic acids is 3. The summed E-state index contributed by atoms with van der Waals surface area (Å²) in [4.78, 5) is 31.2. The molecule has 468 valence electrons. The van der Waals surface area contributed by atoms with Crippen LogP contribution in [0.5, 0.6) is 5.75 Å². The Morgan fingerprint density at radius 2 is 0.976 bits per heavy atom. The summed E-state index contributed by atoms with van der Waals surface area (Å²) < 4.78 is 5.52. The molecule has 0 heterocycles. The molecule has 15 nitrogen and oxygen atoms in total. The number of carbonyl (C=O) groups is 3. The van der Waals surface area contributed by atoms with E-state index in [1.165, 1.54) is 23.8 Å². The van der Waals surface area contributed by atoms with E-state index in [0.717, 1.165) is 38.5 Å². The van der Waals surface area contributed by atoms with E-state index in [2.05, 4.69) is 56.9 Å². The van der Waals surface area contributed by atoms with Gasteiger partial charge < -0.3 is 60.9 Å². The standard InChI is InChI=1S/C24H30O4.C23H29ClO6.C22H36O5/c25-22(23(26)19-14-20-24(27)28)18-13-8-6-4-2-1-3-5-7-10-15-21-16-11-9-12-17-21;24-18-9-7-11-20(17-18)30-16-15-19(25)10-5-3-1-2-4-6-12-21(26)22(27)13-8-14-23(28)29;1-4-5-17-22(2,3)20(25)15-11-9-7-6-8-10-13-18(23)19(24)14-12-16-21(26)27/h2,4,6,8-9,11-13,16-18,22-23,25-26H,1,7,10,14-15,19-20H2,(H,27,28);1-7,9-12,17,19,21-22,25-27H,8,13-16H2,(H,28,29);6-11,13,15,18-20,23-25H,4-5,12,14,16-17H2,1-3H3,(H,26,27)/b4-2-,8-6+,18-13+;3-1-,4-2+,10-5+,12-6+;8-6+,9-7-,13-10+,15-11+/t22-,23+;19-,21+,22-;18-,19+,20+/m101/s1. The SMILES string of the molecule is CCCCC(C)(C)[C@@H](O)/C=C/C=C\C=C\C=C\[C@@H](O)[C@@H](O)CCCC(=O)O.O=C(O)CCC[C@H](O)[C@H](O)/C=C/C=C/C=C\C=C\[C@H](O)CCOc1cccc(Cl)c1.O=C(O)CCC[C@H](O)[C@H](O)/C=C/C=C/C=C\CC#CCCCc1ccccc1. The first-order valence-corrected chi connectivity index (χ1v) is 29.4. The summed E-state index contributed by atoms with van der Waals surface area (Å²) in [5.74, 6) is 4.22. The van der Waals surface area contributed by atoms with Crippen molar-refractivity contribution in [3.63, 3.8) is 0 Å². The van der Waals surface area contributed by atoms with Gasteiger partial charge in [0.1, 0.15) is 5.75 Å². The normalized spacial score (nSPS) is 15.2. The fourth-order valence-corrected chi connectivity index (χ4v) is 7.38. The molecule has 85 heavy (non-hydrogen) atoms. The van der Waals surface area contributed by atoms with Crippen molar-refractivity contribution in [2.24, 2.45) is 5.41 Å². The van der Waals surface area contributed by atoms with E-state index >= 15 is 0 Å². The van der Waals surface area contributed by atoms with E-state index in [1.807, 2.05) is 42.5 Å². The van der Waals surface area contributed by atoms with Crippen LogP contribution >= 0.6 is 11.6 Å². The Morgan fingerprint density at radius 3 is 1.44 bits per heavy atom. The van der Waals surface area contributed by atoms with Crippen molar-refractivity contribution >= 4 is 29.5 Å². The van der Waals surface area contributed by atoms with Crippen LogP contribution in [0, 0.1) is 17.3 Å². The summed E-state index contributed by atoms with van der Waals surface area (Å²) in [6, 6.07) is 17.5. The smallest absolute Gasteiger partial charge is 0.303 e. The molecular weight excluding hydrogens is 1100 g/mol. The van der Waals surface area contributed by atoms with Crippen LogP contribution in [-0.4, -0.2) is 130 Å². The second-order valence-electron chi connectivity index (χ2n) is 20.4. The first-order chi connectivity index (χ1) is 40.7. The van der Waals surface area contributed by atoms with Crippen LogP contribution in [0.15, 0.2) is 188 Å². The van der Waals surface area contributed by atoms with Gasteiger partial charge >= 0.3 is 17.9 Å². The lowest BCUT2D eigenvalue weighted by Gasteiger charge is -2.28. The predicted octanol–water partition coefficient (Wildman–Crippen LogP) is 11.5. The molecule has 0 aliphatic rings. The largest absolute Gasteiger partial charge is 0.493 e. The van der Waals surface area contributed by atoms with E-state index in [-0.39, 0.29) is 43.9 Å². The topological polar surface area (TPSA) is 283 Å². The molecule has 2 aromatic rings. The van der Waals surface area contributed by atoms with Gasteiger partial charge in [0.05, 0.1) is 55.4 Å². The zero-order chi connectivity index (χ0) is 63.4. The molecule has 8 atom stereocenters. The van der Waals surface area contributed by atoms with Gasteiger partial charge in [-0.15, -0.1) is 5.92 Å². The maximum absolute atomic E-state index is 10.4. The van der Waals surface area contributed by atoms with Crippen LogP contribution in [0.4, 0.5) is 0 Å². The maximum atomic E-state index is 10.4. The van der Waals surface area contributed by atoms with E-state index in [4.69, 9.17) is 31.7 Å². The molecule has 0 aromatic heterocycles. The second kappa shape index (κ2) is 51.7. The van der Waals surface area contributed by atoms with Gasteiger partial charge in [-0.25, -0.2) is 0 Å².